The fraction of sp³-hybridized carbons (Fsp3) is 0.286. The first kappa shape index (κ1) is 14.6. The van der Waals surface area contributed by atoms with E-state index in [0.717, 1.165) is 15.7 Å². The van der Waals surface area contributed by atoms with E-state index < -0.39 is 0 Å². The van der Waals surface area contributed by atoms with Crippen molar-refractivity contribution in [1.29, 1.82) is 0 Å². The molecule has 1 atom stereocenters. The number of aryl methyl sites for hydroxylation is 2. The van der Waals surface area contributed by atoms with Gasteiger partial charge < -0.3 is 5.32 Å². The number of nitrogens with one attached hydrogen (secondary N) is 2. The standard InChI is InChI=1S/C14H17BrN4O/c1-9-7-13(19(3)18-9)17-14(20)16-10(2)11-5-4-6-12(15)8-11/h4-8,10H,1-3H3,(H2,16,17,20). The van der Waals surface area contributed by atoms with Crippen LogP contribution < -0.4 is 10.6 Å². The van der Waals surface area contributed by atoms with Crippen molar-refractivity contribution in [2.45, 2.75) is 19.9 Å². The average molecular weight is 337 g/mol. The van der Waals surface area contributed by atoms with Crippen LogP contribution in [0.4, 0.5) is 10.6 Å². The van der Waals surface area contributed by atoms with E-state index in [1.807, 2.05) is 44.2 Å². The maximum Gasteiger partial charge on any atom is 0.320 e. The van der Waals surface area contributed by atoms with Gasteiger partial charge in [-0.25, -0.2) is 4.79 Å². The molecule has 1 aromatic heterocycles. The highest BCUT2D eigenvalue weighted by molar-refractivity contribution is 9.10. The van der Waals surface area contributed by atoms with Crippen LogP contribution in [0, 0.1) is 6.92 Å². The van der Waals surface area contributed by atoms with Gasteiger partial charge in [0.25, 0.3) is 0 Å². The minimum absolute atomic E-state index is 0.0816. The number of hydrogen-bond acceptors (Lipinski definition) is 2. The van der Waals surface area contributed by atoms with Gasteiger partial charge in [-0.15, -0.1) is 0 Å². The number of carbonyl (C=O) groups is 1. The van der Waals surface area contributed by atoms with Crippen molar-refractivity contribution >= 4 is 27.8 Å². The number of benzene rings is 1. The molecule has 2 rings (SSSR count). The van der Waals surface area contributed by atoms with Gasteiger partial charge in [0.15, 0.2) is 0 Å². The van der Waals surface area contributed by atoms with Crippen LogP contribution in [0.3, 0.4) is 0 Å². The molecule has 0 bridgehead atoms. The third-order valence-electron chi connectivity index (χ3n) is 2.94. The number of hydrogen-bond donors (Lipinski definition) is 2. The van der Waals surface area contributed by atoms with E-state index in [4.69, 9.17) is 0 Å². The van der Waals surface area contributed by atoms with Gasteiger partial charge >= 0.3 is 6.03 Å². The van der Waals surface area contributed by atoms with E-state index in [0.29, 0.717) is 5.82 Å². The number of urea groups is 1. The van der Waals surface area contributed by atoms with Gasteiger partial charge in [0, 0.05) is 17.6 Å². The smallest absolute Gasteiger partial charge is 0.320 e. The van der Waals surface area contributed by atoms with E-state index in [1.54, 1.807) is 11.7 Å². The first-order valence-corrected chi connectivity index (χ1v) is 7.08. The molecule has 0 aliphatic rings. The summed E-state index contributed by atoms with van der Waals surface area (Å²) < 4.78 is 2.63. The lowest BCUT2D eigenvalue weighted by molar-refractivity contribution is 0.249. The van der Waals surface area contributed by atoms with Crippen LogP contribution in [0.1, 0.15) is 24.2 Å². The molecule has 0 aliphatic heterocycles. The Balaban J connectivity index is 1.99. The van der Waals surface area contributed by atoms with Gasteiger partial charge in [0.05, 0.1) is 11.7 Å². The Bertz CT molecular complexity index is 623. The van der Waals surface area contributed by atoms with Crippen LogP contribution in [0.25, 0.3) is 0 Å². The molecule has 2 aromatic rings. The number of carbonyl (C=O) groups excluding carboxylic acids is 1. The van der Waals surface area contributed by atoms with E-state index in [9.17, 15) is 4.79 Å². The van der Waals surface area contributed by atoms with Gasteiger partial charge in [-0.3, -0.25) is 10.00 Å². The predicted octanol–water partition coefficient (Wildman–Crippen LogP) is 3.37. The molecule has 1 heterocycles. The summed E-state index contributed by atoms with van der Waals surface area (Å²) in [6, 6.07) is 9.35. The summed E-state index contributed by atoms with van der Waals surface area (Å²) >= 11 is 3.42. The Kier molecular flexibility index (Phi) is 4.44. The minimum atomic E-state index is -0.250. The van der Waals surface area contributed by atoms with Crippen molar-refractivity contribution in [3.05, 3.63) is 46.1 Å². The summed E-state index contributed by atoms with van der Waals surface area (Å²) in [5.74, 6) is 0.668. The fourth-order valence-corrected chi connectivity index (χ4v) is 2.35. The fourth-order valence-electron chi connectivity index (χ4n) is 1.94. The first-order valence-electron chi connectivity index (χ1n) is 6.29. The molecule has 0 saturated carbocycles. The molecule has 6 heteroatoms. The van der Waals surface area contributed by atoms with Crippen molar-refractivity contribution < 1.29 is 4.79 Å². The highest BCUT2D eigenvalue weighted by atomic mass is 79.9. The number of rotatable bonds is 3. The first-order chi connectivity index (χ1) is 9.45. The molecular weight excluding hydrogens is 320 g/mol. The van der Waals surface area contributed by atoms with Crippen molar-refractivity contribution in [2.24, 2.45) is 7.05 Å². The van der Waals surface area contributed by atoms with Gasteiger partial charge in [-0.1, -0.05) is 28.1 Å². The maximum absolute atomic E-state index is 12.0. The molecule has 2 N–H and O–H groups in total. The zero-order chi connectivity index (χ0) is 14.7. The molecule has 0 radical (unpaired) electrons. The summed E-state index contributed by atoms with van der Waals surface area (Å²) in [5.41, 5.74) is 1.90. The molecular formula is C14H17BrN4O. The Labute approximate surface area is 126 Å². The number of amides is 2. The monoisotopic (exact) mass is 336 g/mol. The Hall–Kier alpha value is -1.82. The zero-order valence-electron chi connectivity index (χ0n) is 11.6. The molecule has 0 aliphatic carbocycles. The minimum Gasteiger partial charge on any atom is -0.331 e. The third-order valence-corrected chi connectivity index (χ3v) is 3.43. The normalized spacial score (nSPS) is 12.0. The quantitative estimate of drug-likeness (QED) is 0.902. The van der Waals surface area contributed by atoms with Gasteiger partial charge in [0.1, 0.15) is 5.82 Å². The second-order valence-electron chi connectivity index (χ2n) is 4.67. The topological polar surface area (TPSA) is 59.0 Å². The van der Waals surface area contributed by atoms with Crippen LogP contribution >= 0.6 is 15.9 Å². The average Bonchev–Trinajstić information content (AvgIpc) is 2.67. The molecule has 5 nitrogen and oxygen atoms in total. The molecule has 2 amide bonds. The van der Waals surface area contributed by atoms with Gasteiger partial charge in [-0.2, -0.15) is 5.10 Å². The molecule has 0 saturated heterocycles. The molecule has 0 spiro atoms. The van der Waals surface area contributed by atoms with E-state index >= 15 is 0 Å². The van der Waals surface area contributed by atoms with E-state index in [1.165, 1.54) is 0 Å². The second-order valence-corrected chi connectivity index (χ2v) is 5.59. The highest BCUT2D eigenvalue weighted by Gasteiger charge is 2.11. The lowest BCUT2D eigenvalue weighted by Gasteiger charge is -2.15. The molecule has 1 unspecified atom stereocenters. The molecule has 1 aromatic carbocycles. The van der Waals surface area contributed by atoms with Crippen LogP contribution in [0.5, 0.6) is 0 Å². The van der Waals surface area contributed by atoms with Crippen LogP contribution in [-0.2, 0) is 7.05 Å². The lowest BCUT2D eigenvalue weighted by atomic mass is 10.1. The Morgan fingerprint density at radius 1 is 1.40 bits per heavy atom. The zero-order valence-corrected chi connectivity index (χ0v) is 13.2. The third kappa shape index (κ3) is 3.60. The van der Waals surface area contributed by atoms with Crippen molar-refractivity contribution in [2.75, 3.05) is 5.32 Å². The molecule has 0 fully saturated rings. The second kappa shape index (κ2) is 6.09. The van der Waals surface area contributed by atoms with Gasteiger partial charge in [-0.05, 0) is 31.5 Å². The van der Waals surface area contributed by atoms with E-state index in [2.05, 4.69) is 31.7 Å². The SMILES string of the molecule is Cc1cc(NC(=O)NC(C)c2cccc(Br)c2)n(C)n1. The van der Waals surface area contributed by atoms with Crippen molar-refractivity contribution in [3.8, 4) is 0 Å². The summed E-state index contributed by atoms with van der Waals surface area (Å²) in [6.07, 6.45) is 0. The summed E-state index contributed by atoms with van der Waals surface area (Å²) in [7, 11) is 1.79. The number of halogens is 1. The number of anilines is 1. The number of nitrogens with zero attached hydrogens (tertiary/aromatic N) is 2. The van der Waals surface area contributed by atoms with Gasteiger partial charge in [0.2, 0.25) is 0 Å². The summed E-state index contributed by atoms with van der Waals surface area (Å²) in [5, 5.41) is 9.86. The predicted molar refractivity (Wildman–Crippen MR) is 82.7 cm³/mol. The number of aromatic nitrogens is 2. The lowest BCUT2D eigenvalue weighted by Crippen LogP contribution is -2.31. The van der Waals surface area contributed by atoms with Crippen molar-refractivity contribution in [3.63, 3.8) is 0 Å². The van der Waals surface area contributed by atoms with Crippen LogP contribution in [-0.4, -0.2) is 15.8 Å². The maximum atomic E-state index is 12.0. The summed E-state index contributed by atoms with van der Waals surface area (Å²) in [4.78, 5) is 12.0. The Morgan fingerprint density at radius 3 is 2.75 bits per heavy atom. The largest absolute Gasteiger partial charge is 0.331 e. The van der Waals surface area contributed by atoms with E-state index in [-0.39, 0.29) is 12.1 Å². The molecule has 20 heavy (non-hydrogen) atoms. The summed E-state index contributed by atoms with van der Waals surface area (Å²) in [6.45, 7) is 3.82. The molecule has 106 valence electrons. The Morgan fingerprint density at radius 2 is 2.15 bits per heavy atom. The van der Waals surface area contributed by atoms with Crippen LogP contribution in [0.15, 0.2) is 34.8 Å². The van der Waals surface area contributed by atoms with Crippen molar-refractivity contribution in [1.82, 2.24) is 15.1 Å². The highest BCUT2D eigenvalue weighted by Crippen LogP contribution is 2.18. The van der Waals surface area contributed by atoms with Crippen LogP contribution in [0.2, 0.25) is 0 Å².